The molecule has 3 aromatic rings. The predicted octanol–water partition coefficient (Wildman–Crippen LogP) is 3.48. The van der Waals surface area contributed by atoms with Gasteiger partial charge in [-0.2, -0.15) is 11.8 Å². The molecular weight excluding hydrogens is 384 g/mol. The van der Waals surface area contributed by atoms with Crippen LogP contribution >= 0.6 is 11.8 Å². The molecule has 3 amide bonds. The minimum Gasteiger partial charge on any atom is -0.361 e. The second-order valence-electron chi connectivity index (χ2n) is 7.06. The summed E-state index contributed by atoms with van der Waals surface area (Å²) in [5.41, 5.74) is 2.73. The first-order chi connectivity index (χ1) is 14.2. The van der Waals surface area contributed by atoms with Crippen molar-refractivity contribution in [1.29, 1.82) is 0 Å². The Morgan fingerprint density at radius 3 is 2.66 bits per heavy atom. The Morgan fingerprint density at radius 1 is 1.07 bits per heavy atom. The number of rotatable bonds is 5. The molecule has 1 saturated heterocycles. The number of nitrogens with one attached hydrogen (secondary N) is 3. The Kier molecular flexibility index (Phi) is 6.05. The summed E-state index contributed by atoms with van der Waals surface area (Å²) in [4.78, 5) is 30.7. The van der Waals surface area contributed by atoms with Crippen molar-refractivity contribution >= 4 is 40.3 Å². The average Bonchev–Trinajstić information content (AvgIpc) is 3.22. The third kappa shape index (κ3) is 4.92. The highest BCUT2D eigenvalue weighted by Gasteiger charge is 2.25. The molecule has 150 valence electrons. The predicted molar refractivity (Wildman–Crippen MR) is 118 cm³/mol. The lowest BCUT2D eigenvalue weighted by molar-refractivity contribution is -0.118. The SMILES string of the molecule is O=C(Nc1ccc2[nH]ccc2c1)[C@H](Cc1ccccc1)NC(=O)N1CCSCC1. The summed E-state index contributed by atoms with van der Waals surface area (Å²) in [5.74, 6) is 1.64. The molecule has 29 heavy (non-hydrogen) atoms. The molecule has 0 unspecified atom stereocenters. The molecular formula is C22H24N4O2S. The minimum atomic E-state index is -0.651. The van der Waals surface area contributed by atoms with Crippen LogP contribution in [0.3, 0.4) is 0 Å². The molecule has 3 N–H and O–H groups in total. The number of fused-ring (bicyclic) bond motifs is 1. The van der Waals surface area contributed by atoms with E-state index in [9.17, 15) is 9.59 Å². The smallest absolute Gasteiger partial charge is 0.318 e. The first-order valence-corrected chi connectivity index (χ1v) is 10.9. The van der Waals surface area contributed by atoms with Gasteiger partial charge in [0.05, 0.1) is 0 Å². The van der Waals surface area contributed by atoms with Crippen LogP contribution in [0.2, 0.25) is 0 Å². The Morgan fingerprint density at radius 2 is 1.86 bits per heavy atom. The molecule has 1 aromatic heterocycles. The van der Waals surface area contributed by atoms with Crippen molar-refractivity contribution in [2.45, 2.75) is 12.5 Å². The van der Waals surface area contributed by atoms with Gasteiger partial charge in [-0.15, -0.1) is 0 Å². The molecule has 0 radical (unpaired) electrons. The van der Waals surface area contributed by atoms with Gasteiger partial charge in [0.2, 0.25) is 5.91 Å². The summed E-state index contributed by atoms with van der Waals surface area (Å²) in [6, 6.07) is 16.6. The van der Waals surface area contributed by atoms with Crippen LogP contribution in [-0.2, 0) is 11.2 Å². The highest BCUT2D eigenvalue weighted by atomic mass is 32.2. The largest absolute Gasteiger partial charge is 0.361 e. The van der Waals surface area contributed by atoms with Gasteiger partial charge in [0.1, 0.15) is 6.04 Å². The fourth-order valence-corrected chi connectivity index (χ4v) is 4.33. The molecule has 1 aliphatic heterocycles. The van der Waals surface area contributed by atoms with Crippen molar-refractivity contribution in [1.82, 2.24) is 15.2 Å². The Balaban J connectivity index is 1.49. The number of carbonyl (C=O) groups excluding carboxylic acids is 2. The summed E-state index contributed by atoms with van der Waals surface area (Å²) < 4.78 is 0. The number of benzene rings is 2. The van der Waals surface area contributed by atoms with E-state index in [4.69, 9.17) is 0 Å². The van der Waals surface area contributed by atoms with Crippen LogP contribution in [0.1, 0.15) is 5.56 Å². The summed E-state index contributed by atoms with van der Waals surface area (Å²) in [6.07, 6.45) is 2.30. The normalized spacial score (nSPS) is 15.1. The van der Waals surface area contributed by atoms with Crippen LogP contribution in [0, 0.1) is 0 Å². The van der Waals surface area contributed by atoms with Crippen LogP contribution in [0.4, 0.5) is 10.5 Å². The molecule has 1 aliphatic rings. The van der Waals surface area contributed by atoms with Gasteiger partial charge < -0.3 is 20.5 Å². The van der Waals surface area contributed by atoms with Gasteiger partial charge in [-0.1, -0.05) is 30.3 Å². The van der Waals surface area contributed by atoms with Gasteiger partial charge >= 0.3 is 6.03 Å². The summed E-state index contributed by atoms with van der Waals surface area (Å²) in [6.45, 7) is 1.42. The van der Waals surface area contributed by atoms with Crippen molar-refractivity contribution in [3.05, 3.63) is 66.4 Å². The maximum absolute atomic E-state index is 13.1. The third-order valence-electron chi connectivity index (χ3n) is 5.02. The molecule has 2 aromatic carbocycles. The lowest BCUT2D eigenvalue weighted by Crippen LogP contribution is -2.52. The van der Waals surface area contributed by atoms with Gasteiger partial charge in [-0.25, -0.2) is 4.79 Å². The summed E-state index contributed by atoms with van der Waals surface area (Å²) in [5, 5.41) is 6.93. The minimum absolute atomic E-state index is 0.178. The third-order valence-corrected chi connectivity index (χ3v) is 5.96. The van der Waals surface area contributed by atoms with Crippen LogP contribution in [0.5, 0.6) is 0 Å². The lowest BCUT2D eigenvalue weighted by atomic mass is 10.1. The van der Waals surface area contributed by atoms with E-state index in [1.165, 1.54) is 0 Å². The number of nitrogens with zero attached hydrogens (tertiary/aromatic N) is 1. The van der Waals surface area contributed by atoms with E-state index >= 15 is 0 Å². The van der Waals surface area contributed by atoms with Crippen molar-refractivity contribution < 1.29 is 9.59 Å². The van der Waals surface area contributed by atoms with Crippen LogP contribution in [0.25, 0.3) is 10.9 Å². The van der Waals surface area contributed by atoms with E-state index in [2.05, 4.69) is 15.6 Å². The zero-order chi connectivity index (χ0) is 20.1. The maximum Gasteiger partial charge on any atom is 0.318 e. The van der Waals surface area contributed by atoms with E-state index in [0.717, 1.165) is 28.0 Å². The number of hydrogen-bond acceptors (Lipinski definition) is 3. The maximum atomic E-state index is 13.1. The van der Waals surface area contributed by atoms with Crippen molar-refractivity contribution in [2.75, 3.05) is 29.9 Å². The standard InChI is InChI=1S/C22H24N4O2S/c27-21(24-18-6-7-19-17(15-18)8-9-23-19)20(14-16-4-2-1-3-5-16)25-22(28)26-10-12-29-13-11-26/h1-9,15,20,23H,10-14H2,(H,24,27)(H,25,28)/t20-/m0/s1. The average molecular weight is 409 g/mol. The first-order valence-electron chi connectivity index (χ1n) is 9.74. The fraction of sp³-hybridized carbons (Fsp3) is 0.273. The van der Waals surface area contributed by atoms with E-state index in [0.29, 0.717) is 25.2 Å². The number of hydrogen-bond donors (Lipinski definition) is 3. The van der Waals surface area contributed by atoms with Crippen molar-refractivity contribution in [2.24, 2.45) is 0 Å². The van der Waals surface area contributed by atoms with E-state index < -0.39 is 6.04 Å². The quantitative estimate of drug-likeness (QED) is 0.605. The van der Waals surface area contributed by atoms with Gasteiger partial charge in [-0.05, 0) is 29.8 Å². The van der Waals surface area contributed by atoms with Gasteiger partial charge in [0, 0.05) is 53.8 Å². The fourth-order valence-electron chi connectivity index (χ4n) is 3.43. The van der Waals surface area contributed by atoms with E-state index in [1.807, 2.05) is 72.6 Å². The number of thioether (sulfide) groups is 1. The molecule has 2 heterocycles. The highest BCUT2D eigenvalue weighted by Crippen LogP contribution is 2.18. The first kappa shape index (κ1) is 19.4. The van der Waals surface area contributed by atoms with E-state index in [-0.39, 0.29) is 11.9 Å². The molecule has 7 heteroatoms. The topological polar surface area (TPSA) is 77.2 Å². The molecule has 6 nitrogen and oxygen atoms in total. The lowest BCUT2D eigenvalue weighted by Gasteiger charge is -2.29. The highest BCUT2D eigenvalue weighted by molar-refractivity contribution is 7.99. The van der Waals surface area contributed by atoms with Crippen molar-refractivity contribution in [3.8, 4) is 0 Å². The molecule has 0 aliphatic carbocycles. The summed E-state index contributed by atoms with van der Waals surface area (Å²) in [7, 11) is 0. The number of aromatic amines is 1. The number of anilines is 1. The van der Waals surface area contributed by atoms with Crippen LogP contribution in [0.15, 0.2) is 60.8 Å². The van der Waals surface area contributed by atoms with Gasteiger partial charge in [0.25, 0.3) is 0 Å². The summed E-state index contributed by atoms with van der Waals surface area (Å²) >= 11 is 1.84. The number of urea groups is 1. The number of H-pyrrole nitrogens is 1. The molecule has 0 saturated carbocycles. The number of carbonyl (C=O) groups is 2. The molecule has 1 fully saturated rings. The monoisotopic (exact) mass is 408 g/mol. The second-order valence-corrected chi connectivity index (χ2v) is 8.28. The Labute approximate surface area is 174 Å². The van der Waals surface area contributed by atoms with Crippen molar-refractivity contribution in [3.63, 3.8) is 0 Å². The molecule has 0 bridgehead atoms. The molecule has 1 atom stereocenters. The molecule has 4 rings (SSSR count). The van der Waals surface area contributed by atoms with Crippen LogP contribution < -0.4 is 10.6 Å². The Hall–Kier alpha value is -2.93. The van der Waals surface area contributed by atoms with Gasteiger partial charge in [-0.3, -0.25) is 4.79 Å². The van der Waals surface area contributed by atoms with Gasteiger partial charge in [0.15, 0.2) is 0 Å². The number of amides is 3. The van der Waals surface area contributed by atoms with E-state index in [1.54, 1.807) is 4.90 Å². The second kappa shape index (κ2) is 9.05. The Bertz CT molecular complexity index is 983. The van der Waals surface area contributed by atoms with Crippen LogP contribution in [-0.4, -0.2) is 52.5 Å². The molecule has 0 spiro atoms. The zero-order valence-corrected chi connectivity index (χ0v) is 16.9. The zero-order valence-electron chi connectivity index (χ0n) is 16.1. The number of aromatic nitrogens is 1.